The number of aromatic amines is 1. The quantitative estimate of drug-likeness (QED) is 0.693. The molecule has 2 aliphatic heterocycles. The van der Waals surface area contributed by atoms with Crippen molar-refractivity contribution in [1.82, 2.24) is 19.8 Å². The smallest absolute Gasteiger partial charge is 0.227 e. The highest BCUT2D eigenvalue weighted by Gasteiger charge is 2.53. The number of imidazole rings is 1. The molecule has 0 bridgehead atoms. The van der Waals surface area contributed by atoms with Crippen molar-refractivity contribution in [3.63, 3.8) is 0 Å². The molecule has 2 N–H and O–H groups in total. The lowest BCUT2D eigenvalue weighted by Crippen LogP contribution is -2.39. The molecule has 2 aromatic heterocycles. The van der Waals surface area contributed by atoms with Crippen LogP contribution in [0.4, 0.5) is 0 Å². The molecule has 0 saturated carbocycles. The second-order valence-corrected chi connectivity index (χ2v) is 9.15. The summed E-state index contributed by atoms with van der Waals surface area (Å²) in [5.41, 5.74) is 1.83. The van der Waals surface area contributed by atoms with E-state index in [2.05, 4.69) is 14.9 Å². The van der Waals surface area contributed by atoms with E-state index >= 15 is 0 Å². The highest BCUT2D eigenvalue weighted by atomic mass is 32.1. The summed E-state index contributed by atoms with van der Waals surface area (Å²) in [6.45, 7) is 3.94. The van der Waals surface area contributed by atoms with Crippen molar-refractivity contribution >= 4 is 28.3 Å². The zero-order chi connectivity index (χ0) is 19.1. The summed E-state index contributed by atoms with van der Waals surface area (Å²) in [5.74, 6) is 1.45. The van der Waals surface area contributed by atoms with Gasteiger partial charge in [-0.1, -0.05) is 18.2 Å². The number of fused-ring (bicyclic) bond motifs is 2. The zero-order valence-electron chi connectivity index (χ0n) is 15.7. The molecule has 28 heavy (non-hydrogen) atoms. The first-order valence-corrected chi connectivity index (χ1v) is 10.6. The zero-order valence-corrected chi connectivity index (χ0v) is 16.5. The van der Waals surface area contributed by atoms with Gasteiger partial charge in [-0.3, -0.25) is 9.69 Å². The van der Waals surface area contributed by atoms with Crippen molar-refractivity contribution in [3.8, 4) is 0 Å². The topological polar surface area (TPSA) is 72.5 Å². The average Bonchev–Trinajstić information content (AvgIpc) is 3.43. The van der Waals surface area contributed by atoms with Crippen molar-refractivity contribution in [3.05, 3.63) is 52.5 Å². The minimum absolute atomic E-state index is 0.122. The van der Waals surface area contributed by atoms with Gasteiger partial charge in [-0.25, -0.2) is 4.98 Å². The average molecular weight is 397 g/mol. The van der Waals surface area contributed by atoms with E-state index in [1.165, 1.54) is 0 Å². The van der Waals surface area contributed by atoms with Crippen LogP contribution < -0.4 is 0 Å². The van der Waals surface area contributed by atoms with Crippen molar-refractivity contribution in [2.75, 3.05) is 32.8 Å². The van der Waals surface area contributed by atoms with Gasteiger partial charge in [0.1, 0.15) is 5.82 Å². The number of para-hydroxylation sites is 2. The summed E-state index contributed by atoms with van der Waals surface area (Å²) >= 11 is 1.62. The van der Waals surface area contributed by atoms with E-state index in [1.54, 1.807) is 11.3 Å². The van der Waals surface area contributed by atoms with Crippen molar-refractivity contribution in [2.45, 2.75) is 13.0 Å². The fourth-order valence-corrected chi connectivity index (χ4v) is 5.49. The molecule has 3 aromatic rings. The summed E-state index contributed by atoms with van der Waals surface area (Å²) < 4.78 is 0. The number of rotatable bonds is 5. The van der Waals surface area contributed by atoms with E-state index in [-0.39, 0.29) is 17.9 Å². The molecular formula is C21H24N4O2S. The van der Waals surface area contributed by atoms with Gasteiger partial charge in [0, 0.05) is 36.5 Å². The van der Waals surface area contributed by atoms with Crippen LogP contribution in [0.5, 0.6) is 0 Å². The first-order valence-electron chi connectivity index (χ1n) is 9.72. The van der Waals surface area contributed by atoms with E-state index in [9.17, 15) is 9.90 Å². The van der Waals surface area contributed by atoms with Gasteiger partial charge in [0.05, 0.1) is 30.6 Å². The molecule has 0 spiro atoms. The summed E-state index contributed by atoms with van der Waals surface area (Å²) in [6, 6.07) is 12.0. The number of likely N-dealkylation sites (tertiary alicyclic amines) is 2. The molecule has 5 rings (SSSR count). The van der Waals surface area contributed by atoms with Gasteiger partial charge in [0.2, 0.25) is 5.91 Å². The standard InChI is InChI=1S/C21H24N4O2S/c26-14-21-12-24(11-19-22-17-5-1-2-6-18(17)23-19)9-15(21)10-25(13-21)20(27)8-16-4-3-7-28-16/h1-7,15,26H,8-14H2,(H,22,23). The molecule has 1 amide bonds. The number of aromatic nitrogens is 2. The number of aliphatic hydroxyl groups excluding tert-OH is 1. The number of nitrogens with one attached hydrogen (secondary N) is 1. The fourth-order valence-electron chi connectivity index (χ4n) is 4.79. The molecular weight excluding hydrogens is 372 g/mol. The number of nitrogens with zero attached hydrogens (tertiary/aromatic N) is 3. The summed E-state index contributed by atoms with van der Waals surface area (Å²) in [7, 11) is 0. The number of thiophene rings is 1. The predicted molar refractivity (Wildman–Crippen MR) is 109 cm³/mol. The Kier molecular flexibility index (Phi) is 4.45. The summed E-state index contributed by atoms with van der Waals surface area (Å²) in [5, 5.41) is 12.2. The second kappa shape index (κ2) is 6.99. The Morgan fingerprint density at radius 1 is 1.25 bits per heavy atom. The van der Waals surface area contributed by atoms with E-state index < -0.39 is 0 Å². The van der Waals surface area contributed by atoms with E-state index in [0.717, 1.165) is 47.9 Å². The Balaban J connectivity index is 1.25. The maximum atomic E-state index is 12.7. The number of hydrogen-bond donors (Lipinski definition) is 2. The minimum Gasteiger partial charge on any atom is -0.396 e. The van der Waals surface area contributed by atoms with Gasteiger partial charge in [-0.05, 0) is 29.5 Å². The molecule has 2 atom stereocenters. The number of hydrogen-bond acceptors (Lipinski definition) is 5. The Hall–Kier alpha value is -2.22. The summed E-state index contributed by atoms with van der Waals surface area (Å²) in [4.78, 5) is 26.2. The molecule has 0 radical (unpaired) electrons. The largest absolute Gasteiger partial charge is 0.396 e. The monoisotopic (exact) mass is 396 g/mol. The van der Waals surface area contributed by atoms with Crippen LogP contribution in [-0.2, 0) is 17.8 Å². The lowest BCUT2D eigenvalue weighted by molar-refractivity contribution is -0.130. The van der Waals surface area contributed by atoms with Gasteiger partial charge in [0.15, 0.2) is 0 Å². The molecule has 6 nitrogen and oxygen atoms in total. The van der Waals surface area contributed by atoms with Crippen molar-refractivity contribution in [2.24, 2.45) is 11.3 Å². The number of carbonyl (C=O) groups excluding carboxylic acids is 1. The van der Waals surface area contributed by atoms with Gasteiger partial charge < -0.3 is 15.0 Å². The molecule has 2 aliphatic rings. The normalized spacial score (nSPS) is 24.9. The van der Waals surface area contributed by atoms with Crippen molar-refractivity contribution in [1.29, 1.82) is 0 Å². The van der Waals surface area contributed by atoms with E-state index in [1.807, 2.05) is 46.7 Å². The fraction of sp³-hybridized carbons (Fsp3) is 0.429. The highest BCUT2D eigenvalue weighted by Crippen LogP contribution is 2.42. The van der Waals surface area contributed by atoms with E-state index in [4.69, 9.17) is 0 Å². The third-order valence-corrected chi connectivity index (χ3v) is 7.09. The number of amides is 1. The molecule has 146 valence electrons. The Bertz CT molecular complexity index is 952. The van der Waals surface area contributed by atoms with Crippen LogP contribution in [-0.4, -0.2) is 63.6 Å². The predicted octanol–water partition coefficient (Wildman–Crippen LogP) is 2.12. The van der Waals surface area contributed by atoms with Gasteiger partial charge >= 0.3 is 0 Å². The van der Waals surface area contributed by atoms with Gasteiger partial charge in [-0.15, -0.1) is 11.3 Å². The molecule has 1 aromatic carbocycles. The molecule has 0 aliphatic carbocycles. The first-order chi connectivity index (χ1) is 13.6. The second-order valence-electron chi connectivity index (χ2n) is 8.12. The Labute approximate surface area is 167 Å². The lowest BCUT2D eigenvalue weighted by Gasteiger charge is -2.27. The Morgan fingerprint density at radius 2 is 2.14 bits per heavy atom. The molecule has 2 fully saturated rings. The maximum Gasteiger partial charge on any atom is 0.227 e. The van der Waals surface area contributed by atoms with Crippen LogP contribution in [0.2, 0.25) is 0 Å². The number of benzene rings is 1. The number of carbonyl (C=O) groups is 1. The van der Waals surface area contributed by atoms with Crippen LogP contribution in [0.1, 0.15) is 10.7 Å². The van der Waals surface area contributed by atoms with Gasteiger partial charge in [0.25, 0.3) is 0 Å². The lowest BCUT2D eigenvalue weighted by atomic mass is 9.82. The number of aliphatic hydroxyl groups is 1. The Morgan fingerprint density at radius 3 is 2.89 bits per heavy atom. The molecule has 2 saturated heterocycles. The third kappa shape index (κ3) is 3.13. The van der Waals surface area contributed by atoms with Crippen LogP contribution in [0.3, 0.4) is 0 Å². The van der Waals surface area contributed by atoms with E-state index in [0.29, 0.717) is 18.9 Å². The SMILES string of the molecule is O=C(Cc1cccs1)N1CC2CN(Cc3nc4ccccc4[nH]3)CC2(CO)C1. The van der Waals surface area contributed by atoms with Crippen LogP contribution >= 0.6 is 11.3 Å². The number of H-pyrrole nitrogens is 1. The van der Waals surface area contributed by atoms with Crippen LogP contribution in [0, 0.1) is 11.3 Å². The highest BCUT2D eigenvalue weighted by molar-refractivity contribution is 7.10. The minimum atomic E-state index is -0.211. The van der Waals surface area contributed by atoms with Crippen molar-refractivity contribution < 1.29 is 9.90 Å². The first kappa shape index (κ1) is 17.8. The van der Waals surface area contributed by atoms with Crippen LogP contribution in [0.15, 0.2) is 41.8 Å². The summed E-state index contributed by atoms with van der Waals surface area (Å²) in [6.07, 6.45) is 0.467. The molecule has 4 heterocycles. The molecule has 7 heteroatoms. The maximum absolute atomic E-state index is 12.7. The molecule has 2 unspecified atom stereocenters. The van der Waals surface area contributed by atoms with Gasteiger partial charge in [-0.2, -0.15) is 0 Å². The van der Waals surface area contributed by atoms with Crippen LogP contribution in [0.25, 0.3) is 11.0 Å². The third-order valence-electron chi connectivity index (χ3n) is 6.21.